The van der Waals surface area contributed by atoms with Crippen LogP contribution in [0.5, 0.6) is 0 Å². The molecule has 1 N–H and O–H groups in total. The molecule has 1 aliphatic rings. The van der Waals surface area contributed by atoms with Gasteiger partial charge in [-0.15, -0.1) is 0 Å². The molecule has 1 amide bonds. The number of carbonyl (C=O) groups is 1. The number of hydrogen-bond donors (Lipinski definition) is 1. The Hall–Kier alpha value is -2.18. The number of ether oxygens (including phenoxy) is 1. The highest BCUT2D eigenvalue weighted by Crippen LogP contribution is 2.36. The van der Waals surface area contributed by atoms with E-state index in [2.05, 4.69) is 0 Å². The van der Waals surface area contributed by atoms with Crippen LogP contribution in [0.1, 0.15) is 38.9 Å². The van der Waals surface area contributed by atoms with Gasteiger partial charge in [0, 0.05) is 17.2 Å². The molecule has 0 fully saturated rings. The Bertz CT molecular complexity index is 640. The number of benzene rings is 1. The van der Waals surface area contributed by atoms with Crippen molar-refractivity contribution in [3.63, 3.8) is 0 Å². The average Bonchev–Trinajstić information content (AvgIpc) is 2.42. The number of carboxylic acid groups (broad SMARTS) is 1. The van der Waals surface area contributed by atoms with Gasteiger partial charge < -0.3 is 9.84 Å². The number of halogens is 3. The lowest BCUT2D eigenvalue weighted by Gasteiger charge is -2.43. The summed E-state index contributed by atoms with van der Waals surface area (Å²) in [7, 11) is 0. The molecule has 0 saturated heterocycles. The van der Waals surface area contributed by atoms with Gasteiger partial charge in [-0.25, -0.2) is 18.0 Å². The van der Waals surface area contributed by atoms with Gasteiger partial charge in [0.25, 0.3) is 0 Å². The van der Waals surface area contributed by atoms with Crippen LogP contribution in [-0.2, 0) is 4.74 Å². The van der Waals surface area contributed by atoms with Crippen LogP contribution in [0.3, 0.4) is 0 Å². The zero-order chi connectivity index (χ0) is 17.4. The molecule has 2 atom stereocenters. The summed E-state index contributed by atoms with van der Waals surface area (Å²) < 4.78 is 46.1. The number of amides is 1. The first-order chi connectivity index (χ1) is 10.6. The van der Waals surface area contributed by atoms with E-state index < -0.39 is 41.2 Å². The van der Waals surface area contributed by atoms with E-state index in [1.54, 1.807) is 26.8 Å². The second-order valence-electron chi connectivity index (χ2n) is 6.34. The number of nitrogens with zero attached hydrogens (tertiary/aromatic N) is 1. The molecule has 4 nitrogen and oxygen atoms in total. The van der Waals surface area contributed by atoms with Crippen molar-refractivity contribution in [3.8, 4) is 0 Å². The largest absolute Gasteiger partial charge is 0.491 e. The third-order valence-corrected chi connectivity index (χ3v) is 3.66. The van der Waals surface area contributed by atoms with Gasteiger partial charge in [-0.05, 0) is 39.3 Å². The van der Waals surface area contributed by atoms with E-state index in [0.29, 0.717) is 12.1 Å². The van der Waals surface area contributed by atoms with Gasteiger partial charge in [0.15, 0.2) is 11.6 Å². The SMILES string of the molecule is CC(C)(C)N(C(=O)O)[C@H]1CC=CO[C@@H]1c1cc(F)c(F)cc1F. The standard InChI is InChI=1S/C16H18F3NO3/c1-16(2,3)20(15(21)22)13-5-4-6-23-14(13)9-7-11(18)12(19)8-10(9)17/h4,6-8,13-14H,5H2,1-3H3,(H,21,22)/t13-,14+/m0/s1. The Morgan fingerprint density at radius 3 is 2.39 bits per heavy atom. The predicted molar refractivity (Wildman–Crippen MR) is 77.3 cm³/mol. The molecule has 1 aromatic rings. The third-order valence-electron chi connectivity index (χ3n) is 3.66. The van der Waals surface area contributed by atoms with Crippen molar-refractivity contribution in [1.82, 2.24) is 4.90 Å². The minimum absolute atomic E-state index is 0.214. The molecule has 2 rings (SSSR count). The molecule has 0 bridgehead atoms. The maximum atomic E-state index is 14.1. The van der Waals surface area contributed by atoms with Crippen LogP contribution in [0.25, 0.3) is 0 Å². The highest BCUT2D eigenvalue weighted by molar-refractivity contribution is 5.66. The minimum atomic E-state index is -1.31. The first-order valence-electron chi connectivity index (χ1n) is 7.10. The van der Waals surface area contributed by atoms with Crippen LogP contribution < -0.4 is 0 Å². The van der Waals surface area contributed by atoms with Crippen molar-refractivity contribution in [1.29, 1.82) is 0 Å². The fourth-order valence-electron chi connectivity index (χ4n) is 2.75. The molecule has 0 unspecified atom stereocenters. The van der Waals surface area contributed by atoms with E-state index in [0.717, 1.165) is 4.90 Å². The topological polar surface area (TPSA) is 49.8 Å². The van der Waals surface area contributed by atoms with Gasteiger partial charge in [0.05, 0.1) is 12.3 Å². The molecule has 0 spiro atoms. The van der Waals surface area contributed by atoms with Crippen LogP contribution in [0.4, 0.5) is 18.0 Å². The molecule has 0 aromatic heterocycles. The summed E-state index contributed by atoms with van der Waals surface area (Å²) in [6, 6.07) is 0.382. The molecular weight excluding hydrogens is 311 g/mol. The van der Waals surface area contributed by atoms with Crippen molar-refractivity contribution < 1.29 is 27.8 Å². The van der Waals surface area contributed by atoms with Crippen LogP contribution in [0.2, 0.25) is 0 Å². The lowest BCUT2D eigenvalue weighted by atomic mass is 9.92. The highest BCUT2D eigenvalue weighted by atomic mass is 19.2. The van der Waals surface area contributed by atoms with E-state index in [1.165, 1.54) is 6.26 Å². The zero-order valence-electron chi connectivity index (χ0n) is 13.0. The second kappa shape index (κ2) is 6.14. The quantitative estimate of drug-likeness (QED) is 0.826. The van der Waals surface area contributed by atoms with Crippen LogP contribution in [-0.4, -0.2) is 27.7 Å². The van der Waals surface area contributed by atoms with Gasteiger partial charge in [0.2, 0.25) is 0 Å². The Morgan fingerprint density at radius 2 is 1.83 bits per heavy atom. The monoisotopic (exact) mass is 329 g/mol. The molecule has 23 heavy (non-hydrogen) atoms. The van der Waals surface area contributed by atoms with Gasteiger partial charge >= 0.3 is 6.09 Å². The Labute approximate surface area is 132 Å². The summed E-state index contributed by atoms with van der Waals surface area (Å²) in [5.74, 6) is -3.50. The Kier molecular flexibility index (Phi) is 4.58. The molecular formula is C16H18F3NO3. The van der Waals surface area contributed by atoms with E-state index in [-0.39, 0.29) is 12.0 Å². The normalized spacial score (nSPS) is 21.0. The minimum Gasteiger partial charge on any atom is -0.491 e. The third kappa shape index (κ3) is 3.43. The maximum absolute atomic E-state index is 14.1. The average molecular weight is 329 g/mol. The fourth-order valence-corrected chi connectivity index (χ4v) is 2.75. The molecule has 1 aliphatic heterocycles. The summed E-state index contributed by atoms with van der Waals surface area (Å²) in [5.41, 5.74) is -0.994. The lowest BCUT2D eigenvalue weighted by molar-refractivity contribution is -0.00947. The predicted octanol–water partition coefficient (Wildman–Crippen LogP) is 4.23. The van der Waals surface area contributed by atoms with Gasteiger partial charge in [-0.1, -0.05) is 0 Å². The van der Waals surface area contributed by atoms with Gasteiger partial charge in [0.1, 0.15) is 11.9 Å². The van der Waals surface area contributed by atoms with E-state index >= 15 is 0 Å². The first-order valence-corrected chi connectivity index (χ1v) is 7.10. The second-order valence-corrected chi connectivity index (χ2v) is 6.34. The Balaban J connectivity index is 2.49. The molecule has 126 valence electrons. The highest BCUT2D eigenvalue weighted by Gasteiger charge is 2.41. The maximum Gasteiger partial charge on any atom is 0.408 e. The van der Waals surface area contributed by atoms with Gasteiger partial charge in [-0.3, -0.25) is 4.90 Å². The smallest absolute Gasteiger partial charge is 0.408 e. The first kappa shape index (κ1) is 17.2. The lowest BCUT2D eigenvalue weighted by Crippen LogP contribution is -2.54. The molecule has 0 saturated carbocycles. The van der Waals surface area contributed by atoms with Crippen molar-refractivity contribution in [2.75, 3.05) is 0 Å². The molecule has 0 radical (unpaired) electrons. The summed E-state index contributed by atoms with van der Waals surface area (Å²) >= 11 is 0. The fraction of sp³-hybridized carbons (Fsp3) is 0.438. The van der Waals surface area contributed by atoms with E-state index in [1.807, 2.05) is 0 Å². The summed E-state index contributed by atoms with van der Waals surface area (Å²) in [4.78, 5) is 12.8. The molecule has 1 heterocycles. The van der Waals surface area contributed by atoms with E-state index in [9.17, 15) is 23.1 Å². The summed E-state index contributed by atoms with van der Waals surface area (Å²) in [6.45, 7) is 5.08. The summed E-state index contributed by atoms with van der Waals surface area (Å²) in [6.07, 6.45) is 0.928. The van der Waals surface area contributed by atoms with Crippen molar-refractivity contribution in [3.05, 3.63) is 47.5 Å². The van der Waals surface area contributed by atoms with E-state index in [4.69, 9.17) is 4.74 Å². The number of rotatable bonds is 2. The van der Waals surface area contributed by atoms with Crippen molar-refractivity contribution in [2.45, 2.75) is 44.9 Å². The zero-order valence-corrected chi connectivity index (χ0v) is 13.0. The molecule has 7 heteroatoms. The number of hydrogen-bond acceptors (Lipinski definition) is 2. The van der Waals surface area contributed by atoms with Crippen LogP contribution >= 0.6 is 0 Å². The van der Waals surface area contributed by atoms with Crippen molar-refractivity contribution in [2.24, 2.45) is 0 Å². The summed E-state index contributed by atoms with van der Waals surface area (Å²) in [5, 5.41) is 9.51. The van der Waals surface area contributed by atoms with Crippen LogP contribution in [0.15, 0.2) is 24.5 Å². The molecule has 0 aliphatic carbocycles. The van der Waals surface area contributed by atoms with Gasteiger partial charge in [-0.2, -0.15) is 0 Å². The molecule has 1 aromatic carbocycles. The van der Waals surface area contributed by atoms with Crippen LogP contribution in [0, 0.1) is 17.5 Å². The Morgan fingerprint density at radius 1 is 1.22 bits per heavy atom. The van der Waals surface area contributed by atoms with Crippen molar-refractivity contribution >= 4 is 6.09 Å².